The number of aromatic hydroxyl groups is 1. The number of benzene rings is 2. The molecule has 0 spiro atoms. The molecule has 2 unspecified atom stereocenters. The third-order valence-corrected chi connectivity index (χ3v) is 10.3. The molecule has 0 aliphatic carbocycles. The van der Waals surface area contributed by atoms with Crippen LogP contribution in [0.1, 0.15) is 57.4 Å². The largest absolute Gasteiger partial charge is 0.508 e. The minimum Gasteiger partial charge on any atom is -0.508 e. The Morgan fingerprint density at radius 3 is 2.45 bits per heavy atom. The number of terminal acetylenes is 1. The maximum atomic E-state index is 17.0. The monoisotopic (exact) mass is 667 g/mol. The van der Waals surface area contributed by atoms with E-state index >= 15 is 4.39 Å². The third kappa shape index (κ3) is 5.83. The van der Waals surface area contributed by atoms with Crippen LogP contribution in [0.4, 0.5) is 14.6 Å². The molecule has 4 aromatic rings. The minimum absolute atomic E-state index is 0.0231. The first-order valence-corrected chi connectivity index (χ1v) is 16.9. The van der Waals surface area contributed by atoms with Crippen LogP contribution in [0.3, 0.4) is 0 Å². The quantitative estimate of drug-likeness (QED) is 0.249. The van der Waals surface area contributed by atoms with Crippen LogP contribution < -0.4 is 19.7 Å². The van der Waals surface area contributed by atoms with Crippen molar-refractivity contribution in [2.75, 3.05) is 44.8 Å². The number of methoxy groups -OCH3 is 1. The first-order valence-electron chi connectivity index (χ1n) is 16.9. The smallest absolute Gasteiger partial charge is 0.319 e. The number of ether oxygens (including phenoxy) is 2. The number of fused-ring (bicyclic) bond motifs is 5. The van der Waals surface area contributed by atoms with Gasteiger partial charge in [0.25, 0.3) is 0 Å². The third-order valence-electron chi connectivity index (χ3n) is 10.3. The van der Waals surface area contributed by atoms with E-state index in [4.69, 9.17) is 26.1 Å². The van der Waals surface area contributed by atoms with Gasteiger partial charge in [0.1, 0.15) is 40.6 Å². The second-order valence-corrected chi connectivity index (χ2v) is 13.3. The molecule has 2 aromatic carbocycles. The fourth-order valence-electron chi connectivity index (χ4n) is 8.11. The van der Waals surface area contributed by atoms with Crippen LogP contribution in [0.5, 0.6) is 17.6 Å². The Bertz CT molecular complexity index is 1990. The van der Waals surface area contributed by atoms with Crippen molar-refractivity contribution in [1.82, 2.24) is 25.2 Å². The number of anilines is 1. The average Bonchev–Trinajstić information content (AvgIpc) is 3.80. The standard InChI is InChI=1S/C34H34F2N6O3.C3H5N/c1-3-23-25(35)9-6-19-14-22(43)15-24(26(19)23)29-28(36)30-27(32(38-29)44-2)31(41-16-20-7-8-21(17-41)37-20)40-33(39-30)45-18-34-10-4-12-42(34)13-5-11-34;1-2-3-4/h1,6,9,14-15,20-21,37,43H,4-5,7-8,10-13,16-18H2,2H3;2H2,1H3. The van der Waals surface area contributed by atoms with Gasteiger partial charge >= 0.3 is 6.01 Å². The Morgan fingerprint density at radius 1 is 1.08 bits per heavy atom. The summed E-state index contributed by atoms with van der Waals surface area (Å²) in [4.78, 5) is 18.8. The highest BCUT2D eigenvalue weighted by Crippen LogP contribution is 2.43. The molecular formula is C37H39F2N7O3. The summed E-state index contributed by atoms with van der Waals surface area (Å²) < 4.78 is 44.0. The Balaban J connectivity index is 0.000000898. The number of rotatable bonds is 6. The van der Waals surface area contributed by atoms with Crippen LogP contribution in [0.25, 0.3) is 32.9 Å². The van der Waals surface area contributed by atoms with Gasteiger partial charge < -0.3 is 24.8 Å². The SMILES string of the molecule is C#Cc1c(F)ccc2cc(O)cc(-c3nc(OC)c4c(N5CC6CCC(C5)N6)nc(OCC56CCCN5CCC6)nc4c3F)c12.CCC#N. The molecule has 2 bridgehead atoms. The Morgan fingerprint density at radius 2 is 1.80 bits per heavy atom. The summed E-state index contributed by atoms with van der Waals surface area (Å²) >= 11 is 0. The summed E-state index contributed by atoms with van der Waals surface area (Å²) in [5, 5.41) is 22.9. The fourth-order valence-corrected chi connectivity index (χ4v) is 8.11. The number of phenolic OH excluding ortho intramolecular Hbond substituents is 1. The molecule has 49 heavy (non-hydrogen) atoms. The second kappa shape index (κ2) is 13.3. The number of hydrogen-bond acceptors (Lipinski definition) is 10. The Hall–Kier alpha value is -4.78. The number of nitrogens with one attached hydrogen (secondary N) is 1. The predicted octanol–water partition coefficient (Wildman–Crippen LogP) is 5.69. The molecule has 12 heteroatoms. The number of nitriles is 1. The van der Waals surface area contributed by atoms with E-state index in [2.05, 4.69) is 31.0 Å². The van der Waals surface area contributed by atoms with Crippen LogP contribution in [0, 0.1) is 35.3 Å². The summed E-state index contributed by atoms with van der Waals surface area (Å²) in [7, 11) is 1.46. The highest BCUT2D eigenvalue weighted by Gasteiger charge is 2.45. The van der Waals surface area contributed by atoms with Crippen molar-refractivity contribution in [2.45, 2.75) is 69.5 Å². The molecule has 2 atom stereocenters. The first kappa shape index (κ1) is 32.8. The molecule has 4 aliphatic rings. The molecule has 0 saturated carbocycles. The van der Waals surface area contributed by atoms with Crippen LogP contribution in [-0.4, -0.2) is 82.5 Å². The zero-order chi connectivity index (χ0) is 34.3. The lowest BCUT2D eigenvalue weighted by atomic mass is 9.95. The average molecular weight is 668 g/mol. The molecule has 254 valence electrons. The van der Waals surface area contributed by atoms with Gasteiger partial charge in [0, 0.05) is 42.5 Å². The number of pyridine rings is 1. The molecule has 6 heterocycles. The first-order chi connectivity index (χ1) is 23.8. The Kier molecular flexibility index (Phi) is 8.86. The van der Waals surface area contributed by atoms with E-state index in [0.717, 1.165) is 51.6 Å². The molecule has 2 N–H and O–H groups in total. The predicted molar refractivity (Wildman–Crippen MR) is 183 cm³/mol. The summed E-state index contributed by atoms with van der Waals surface area (Å²) in [5.41, 5.74) is -0.171. The summed E-state index contributed by atoms with van der Waals surface area (Å²) in [6.07, 6.45) is 12.8. The van der Waals surface area contributed by atoms with E-state index in [0.29, 0.717) is 54.8 Å². The van der Waals surface area contributed by atoms with Crippen molar-refractivity contribution in [2.24, 2.45) is 0 Å². The zero-order valence-electron chi connectivity index (χ0n) is 27.7. The van der Waals surface area contributed by atoms with E-state index in [1.165, 1.54) is 31.4 Å². The molecule has 4 aliphatic heterocycles. The van der Waals surface area contributed by atoms with Crippen LogP contribution >= 0.6 is 0 Å². The lowest BCUT2D eigenvalue weighted by molar-refractivity contribution is 0.108. The lowest BCUT2D eigenvalue weighted by Crippen LogP contribution is -2.51. The van der Waals surface area contributed by atoms with E-state index in [1.807, 2.05) is 13.0 Å². The van der Waals surface area contributed by atoms with Crippen molar-refractivity contribution in [3.63, 3.8) is 0 Å². The lowest BCUT2D eigenvalue weighted by Gasteiger charge is -2.35. The van der Waals surface area contributed by atoms with E-state index in [1.54, 1.807) is 0 Å². The maximum Gasteiger partial charge on any atom is 0.319 e. The van der Waals surface area contributed by atoms with Gasteiger partial charge in [-0.3, -0.25) is 4.90 Å². The van der Waals surface area contributed by atoms with Gasteiger partial charge in [0.2, 0.25) is 5.88 Å². The van der Waals surface area contributed by atoms with Crippen molar-refractivity contribution in [1.29, 1.82) is 5.26 Å². The van der Waals surface area contributed by atoms with E-state index in [9.17, 15) is 9.50 Å². The van der Waals surface area contributed by atoms with Gasteiger partial charge in [-0.2, -0.15) is 15.2 Å². The summed E-state index contributed by atoms with van der Waals surface area (Å²) in [6.45, 7) is 5.72. The van der Waals surface area contributed by atoms with Gasteiger partial charge in [-0.05, 0) is 75.2 Å². The number of phenols is 1. The van der Waals surface area contributed by atoms with Gasteiger partial charge in [-0.15, -0.1) is 6.42 Å². The maximum absolute atomic E-state index is 17.0. The van der Waals surface area contributed by atoms with Crippen molar-refractivity contribution < 1.29 is 23.4 Å². The minimum atomic E-state index is -0.766. The molecule has 0 radical (unpaired) electrons. The van der Waals surface area contributed by atoms with Crippen LogP contribution in [-0.2, 0) is 0 Å². The molecule has 0 amide bonds. The summed E-state index contributed by atoms with van der Waals surface area (Å²) in [5.74, 6) is 1.46. The highest BCUT2D eigenvalue weighted by molar-refractivity contribution is 6.04. The second-order valence-electron chi connectivity index (χ2n) is 13.3. The molecule has 4 saturated heterocycles. The van der Waals surface area contributed by atoms with Crippen molar-refractivity contribution in [3.8, 4) is 47.3 Å². The normalized spacial score (nSPS) is 20.8. The fraction of sp³-hybridized carbons (Fsp3) is 0.459. The van der Waals surface area contributed by atoms with Crippen LogP contribution in [0.2, 0.25) is 0 Å². The molecule has 8 rings (SSSR count). The highest BCUT2D eigenvalue weighted by atomic mass is 19.1. The summed E-state index contributed by atoms with van der Waals surface area (Å²) in [6, 6.07) is 8.11. The van der Waals surface area contributed by atoms with Gasteiger partial charge in [-0.25, -0.2) is 13.8 Å². The number of hydrogen-bond donors (Lipinski definition) is 2. The van der Waals surface area contributed by atoms with E-state index in [-0.39, 0.29) is 50.9 Å². The molecular weight excluding hydrogens is 628 g/mol. The Labute approximate surface area is 284 Å². The van der Waals surface area contributed by atoms with Gasteiger partial charge in [0.05, 0.1) is 24.3 Å². The molecule has 2 aromatic heterocycles. The van der Waals surface area contributed by atoms with E-state index < -0.39 is 11.6 Å². The number of halogens is 2. The van der Waals surface area contributed by atoms with Crippen molar-refractivity contribution >= 4 is 27.5 Å². The number of piperazine rings is 1. The van der Waals surface area contributed by atoms with Gasteiger partial charge in [0.15, 0.2) is 5.82 Å². The molecule has 10 nitrogen and oxygen atoms in total. The number of nitrogens with zero attached hydrogens (tertiary/aromatic N) is 6. The zero-order valence-corrected chi connectivity index (χ0v) is 27.7. The topological polar surface area (TPSA) is 120 Å². The number of aromatic nitrogens is 3. The van der Waals surface area contributed by atoms with Crippen molar-refractivity contribution in [3.05, 3.63) is 41.5 Å². The van der Waals surface area contributed by atoms with Crippen LogP contribution in [0.15, 0.2) is 24.3 Å². The van der Waals surface area contributed by atoms with Gasteiger partial charge in [-0.1, -0.05) is 18.9 Å². The molecule has 4 fully saturated rings.